The number of benzene rings is 2. The summed E-state index contributed by atoms with van der Waals surface area (Å²) in [5.74, 6) is -0.471. The number of aromatic nitrogens is 1. The number of carbonyl (C=O) groups excluding carboxylic acids is 1. The van der Waals surface area contributed by atoms with Crippen LogP contribution in [0.1, 0.15) is 15.9 Å². The van der Waals surface area contributed by atoms with Crippen LogP contribution in [0.25, 0.3) is 10.8 Å². The van der Waals surface area contributed by atoms with E-state index in [1.807, 2.05) is 42.5 Å². The van der Waals surface area contributed by atoms with E-state index in [-0.39, 0.29) is 17.4 Å². The summed E-state index contributed by atoms with van der Waals surface area (Å²) < 4.78 is 4.45. The zero-order valence-corrected chi connectivity index (χ0v) is 12.6. The minimum atomic E-state index is -1.48. The van der Waals surface area contributed by atoms with Gasteiger partial charge in [0.05, 0.1) is 0 Å². The normalized spacial score (nSPS) is 10.3. The molecule has 6 heteroatoms. The number of hydrogen-bond donors (Lipinski definition) is 2. The zero-order valence-electron chi connectivity index (χ0n) is 12.6. The molecule has 24 heavy (non-hydrogen) atoms. The second-order valence-corrected chi connectivity index (χ2v) is 5.07. The summed E-state index contributed by atoms with van der Waals surface area (Å²) in [5, 5.41) is 13.6. The summed E-state index contributed by atoms with van der Waals surface area (Å²) in [7, 11) is 0. The molecule has 0 saturated carbocycles. The molecule has 3 aromatic rings. The predicted molar refractivity (Wildman–Crippen MR) is 88.0 cm³/mol. The Labute approximate surface area is 137 Å². The van der Waals surface area contributed by atoms with Crippen LogP contribution < -0.4 is 10.1 Å². The first-order valence-corrected chi connectivity index (χ1v) is 7.25. The number of carboxylic acid groups (broad SMARTS) is 1. The molecule has 1 heterocycles. The smallest absolute Gasteiger partial charge is 0.449 e. The first-order valence-electron chi connectivity index (χ1n) is 7.25. The highest BCUT2D eigenvalue weighted by Gasteiger charge is 2.10. The molecule has 0 spiro atoms. The van der Waals surface area contributed by atoms with Crippen molar-refractivity contribution in [3.63, 3.8) is 0 Å². The van der Waals surface area contributed by atoms with Gasteiger partial charge in [-0.2, -0.15) is 0 Å². The molecule has 0 bridgehead atoms. The van der Waals surface area contributed by atoms with Crippen molar-refractivity contribution in [2.45, 2.75) is 6.54 Å². The van der Waals surface area contributed by atoms with E-state index < -0.39 is 6.16 Å². The number of fused-ring (bicyclic) bond motifs is 1. The fourth-order valence-electron chi connectivity index (χ4n) is 2.42. The molecular formula is C18H14N2O4. The molecule has 2 N–H and O–H groups in total. The Morgan fingerprint density at radius 2 is 1.88 bits per heavy atom. The van der Waals surface area contributed by atoms with Gasteiger partial charge in [0.15, 0.2) is 0 Å². The van der Waals surface area contributed by atoms with Gasteiger partial charge in [-0.05, 0) is 22.4 Å². The monoisotopic (exact) mass is 322 g/mol. The van der Waals surface area contributed by atoms with E-state index in [1.54, 1.807) is 0 Å². The molecule has 0 atom stereocenters. The second-order valence-electron chi connectivity index (χ2n) is 5.07. The topological polar surface area (TPSA) is 88.5 Å². The number of nitrogens with zero attached hydrogens (tertiary/aromatic N) is 1. The second kappa shape index (κ2) is 6.78. The van der Waals surface area contributed by atoms with Crippen LogP contribution in [0.3, 0.4) is 0 Å². The Morgan fingerprint density at radius 1 is 1.08 bits per heavy atom. The summed E-state index contributed by atoms with van der Waals surface area (Å²) in [4.78, 5) is 26.5. The van der Waals surface area contributed by atoms with Gasteiger partial charge in [0, 0.05) is 24.4 Å². The van der Waals surface area contributed by atoms with E-state index >= 15 is 0 Å². The minimum absolute atomic E-state index is 0.139. The van der Waals surface area contributed by atoms with E-state index in [4.69, 9.17) is 5.11 Å². The predicted octanol–water partition coefficient (Wildman–Crippen LogP) is 3.22. The fourth-order valence-corrected chi connectivity index (χ4v) is 2.42. The molecule has 120 valence electrons. The van der Waals surface area contributed by atoms with E-state index in [1.165, 1.54) is 18.3 Å². The highest BCUT2D eigenvalue weighted by molar-refractivity contribution is 5.95. The van der Waals surface area contributed by atoms with Crippen LogP contribution in [-0.2, 0) is 6.54 Å². The summed E-state index contributed by atoms with van der Waals surface area (Å²) in [6.45, 7) is 0.359. The number of pyridine rings is 1. The quantitative estimate of drug-likeness (QED) is 0.720. The lowest BCUT2D eigenvalue weighted by Gasteiger charge is -2.09. The Bertz CT molecular complexity index is 903. The average Bonchev–Trinajstić information content (AvgIpc) is 2.59. The largest absolute Gasteiger partial charge is 0.512 e. The van der Waals surface area contributed by atoms with Crippen LogP contribution in [0.5, 0.6) is 5.88 Å². The molecule has 2 aromatic carbocycles. The van der Waals surface area contributed by atoms with Crippen molar-refractivity contribution in [2.75, 3.05) is 0 Å². The first kappa shape index (κ1) is 15.5. The minimum Gasteiger partial charge on any atom is -0.449 e. The summed E-state index contributed by atoms with van der Waals surface area (Å²) in [6, 6.07) is 16.6. The SMILES string of the molecule is O=C(O)Oc1cc(C(=O)NCc2cccc3ccccc23)ccn1. The van der Waals surface area contributed by atoms with Crippen molar-refractivity contribution in [1.29, 1.82) is 0 Å². The maximum absolute atomic E-state index is 12.3. The molecule has 6 nitrogen and oxygen atoms in total. The van der Waals surface area contributed by atoms with Gasteiger partial charge < -0.3 is 15.2 Å². The number of carbonyl (C=O) groups is 2. The number of nitrogens with one attached hydrogen (secondary N) is 1. The van der Waals surface area contributed by atoms with Crippen LogP contribution in [0.15, 0.2) is 60.8 Å². The van der Waals surface area contributed by atoms with Gasteiger partial charge in [-0.15, -0.1) is 0 Å². The fraction of sp³-hybridized carbons (Fsp3) is 0.0556. The number of hydrogen-bond acceptors (Lipinski definition) is 4. The Hall–Kier alpha value is -3.41. The standard InChI is InChI=1S/C18H14N2O4/c21-17(13-8-9-19-16(10-13)24-18(22)23)20-11-14-6-3-5-12-4-1-2-7-15(12)14/h1-10H,11H2,(H,20,21)(H,22,23). The lowest BCUT2D eigenvalue weighted by Crippen LogP contribution is -2.23. The maximum atomic E-state index is 12.3. The van der Waals surface area contributed by atoms with Crippen molar-refractivity contribution >= 4 is 22.8 Å². The van der Waals surface area contributed by atoms with Gasteiger partial charge in [-0.25, -0.2) is 9.78 Å². The van der Waals surface area contributed by atoms with Crippen LogP contribution in [0, 0.1) is 0 Å². The van der Waals surface area contributed by atoms with Crippen molar-refractivity contribution in [3.05, 3.63) is 71.9 Å². The Morgan fingerprint density at radius 3 is 2.71 bits per heavy atom. The maximum Gasteiger partial charge on any atom is 0.512 e. The van der Waals surface area contributed by atoms with E-state index in [0.29, 0.717) is 6.54 Å². The van der Waals surface area contributed by atoms with Crippen LogP contribution in [0.2, 0.25) is 0 Å². The molecular weight excluding hydrogens is 308 g/mol. The molecule has 1 aromatic heterocycles. The lowest BCUT2D eigenvalue weighted by atomic mass is 10.0. The van der Waals surface area contributed by atoms with Gasteiger partial charge in [-0.3, -0.25) is 4.79 Å². The van der Waals surface area contributed by atoms with Gasteiger partial charge >= 0.3 is 6.16 Å². The molecule has 0 fully saturated rings. The van der Waals surface area contributed by atoms with Crippen LogP contribution in [0.4, 0.5) is 4.79 Å². The number of amides is 1. The molecule has 0 aliphatic heterocycles. The Kier molecular flexibility index (Phi) is 4.38. The van der Waals surface area contributed by atoms with Crippen molar-refractivity contribution < 1.29 is 19.4 Å². The van der Waals surface area contributed by atoms with Crippen molar-refractivity contribution in [3.8, 4) is 5.88 Å². The highest BCUT2D eigenvalue weighted by atomic mass is 16.7. The molecule has 1 amide bonds. The molecule has 0 saturated heterocycles. The van der Waals surface area contributed by atoms with E-state index in [9.17, 15) is 9.59 Å². The molecule has 0 aliphatic carbocycles. The van der Waals surface area contributed by atoms with E-state index in [0.717, 1.165) is 16.3 Å². The summed E-state index contributed by atoms with van der Waals surface area (Å²) in [5.41, 5.74) is 1.28. The van der Waals surface area contributed by atoms with Gasteiger partial charge in [0.1, 0.15) is 0 Å². The Balaban J connectivity index is 1.74. The van der Waals surface area contributed by atoms with Gasteiger partial charge in [0.25, 0.3) is 5.91 Å². The number of ether oxygens (including phenoxy) is 1. The van der Waals surface area contributed by atoms with E-state index in [2.05, 4.69) is 15.0 Å². The van der Waals surface area contributed by atoms with Gasteiger partial charge in [-0.1, -0.05) is 42.5 Å². The van der Waals surface area contributed by atoms with Crippen molar-refractivity contribution in [1.82, 2.24) is 10.3 Å². The highest BCUT2D eigenvalue weighted by Crippen LogP contribution is 2.18. The third kappa shape index (κ3) is 3.49. The summed E-state index contributed by atoms with van der Waals surface area (Å²) >= 11 is 0. The molecule has 3 rings (SSSR count). The van der Waals surface area contributed by atoms with Gasteiger partial charge in [0.2, 0.25) is 5.88 Å². The van der Waals surface area contributed by atoms with Crippen molar-refractivity contribution in [2.24, 2.45) is 0 Å². The zero-order chi connectivity index (χ0) is 16.9. The molecule has 0 aliphatic rings. The molecule has 0 unspecified atom stereocenters. The van der Waals surface area contributed by atoms with Crippen LogP contribution in [-0.4, -0.2) is 22.2 Å². The third-order valence-electron chi connectivity index (χ3n) is 3.51. The molecule has 0 radical (unpaired) electrons. The summed E-state index contributed by atoms with van der Waals surface area (Å²) in [6.07, 6.45) is -0.152. The third-order valence-corrected chi connectivity index (χ3v) is 3.51. The lowest BCUT2D eigenvalue weighted by molar-refractivity contribution is 0.0949. The number of rotatable bonds is 4. The van der Waals surface area contributed by atoms with Crippen LogP contribution >= 0.6 is 0 Å². The first-order chi connectivity index (χ1) is 11.6. The average molecular weight is 322 g/mol.